The van der Waals surface area contributed by atoms with Crippen LogP contribution >= 0.6 is 11.6 Å². The number of hydrogen-bond acceptors (Lipinski definition) is 3. The van der Waals surface area contributed by atoms with Crippen LogP contribution in [-0.2, 0) is 6.54 Å². The van der Waals surface area contributed by atoms with E-state index in [-0.39, 0.29) is 5.02 Å². The molecule has 1 aromatic heterocycles. The van der Waals surface area contributed by atoms with Gasteiger partial charge in [0.05, 0.1) is 5.02 Å². The number of rotatable bonds is 3. The monoisotopic (exact) mass is 275 g/mol. The molecule has 0 saturated heterocycles. The first-order chi connectivity index (χ1) is 9.10. The first kappa shape index (κ1) is 13.3. The Morgan fingerprint density at radius 1 is 1.37 bits per heavy atom. The smallest absolute Gasteiger partial charge is 0.145 e. The van der Waals surface area contributed by atoms with Crippen molar-refractivity contribution in [1.29, 1.82) is 5.26 Å². The van der Waals surface area contributed by atoms with Crippen LogP contribution in [0.5, 0.6) is 0 Å². The molecule has 1 heterocycles. The Bertz CT molecular complexity index is 650. The van der Waals surface area contributed by atoms with Crippen LogP contribution in [0.2, 0.25) is 5.02 Å². The van der Waals surface area contributed by atoms with Crippen LogP contribution in [0.1, 0.15) is 16.8 Å². The van der Waals surface area contributed by atoms with Gasteiger partial charge >= 0.3 is 0 Å². The van der Waals surface area contributed by atoms with Crippen LogP contribution in [-0.4, -0.2) is 4.98 Å². The van der Waals surface area contributed by atoms with E-state index in [0.717, 1.165) is 11.1 Å². The van der Waals surface area contributed by atoms with Crippen molar-refractivity contribution in [1.82, 2.24) is 4.98 Å². The molecule has 0 aliphatic heterocycles. The molecule has 0 bridgehead atoms. The highest BCUT2D eigenvalue weighted by molar-refractivity contribution is 6.30. The van der Waals surface area contributed by atoms with Gasteiger partial charge in [0.15, 0.2) is 0 Å². The van der Waals surface area contributed by atoms with Gasteiger partial charge in [0, 0.05) is 6.54 Å². The predicted octanol–water partition coefficient (Wildman–Crippen LogP) is 3.67. The third kappa shape index (κ3) is 3.21. The van der Waals surface area contributed by atoms with Crippen molar-refractivity contribution < 1.29 is 4.39 Å². The lowest BCUT2D eigenvalue weighted by Crippen LogP contribution is -2.03. The fraction of sp³-hybridized carbons (Fsp3) is 0.143. The molecule has 5 heteroatoms. The maximum atomic E-state index is 13.0. The Morgan fingerprint density at radius 2 is 2.16 bits per heavy atom. The van der Waals surface area contributed by atoms with E-state index in [1.165, 1.54) is 6.07 Å². The predicted molar refractivity (Wildman–Crippen MR) is 72.4 cm³/mol. The van der Waals surface area contributed by atoms with Crippen LogP contribution in [0.3, 0.4) is 0 Å². The number of hydrogen-bond donors (Lipinski definition) is 1. The summed E-state index contributed by atoms with van der Waals surface area (Å²) in [6, 6.07) is 10.2. The van der Waals surface area contributed by atoms with Gasteiger partial charge in [0.1, 0.15) is 23.4 Å². The number of nitrogens with one attached hydrogen (secondary N) is 1. The zero-order valence-corrected chi connectivity index (χ0v) is 11.0. The number of halogens is 2. The molecule has 0 unspecified atom stereocenters. The summed E-state index contributed by atoms with van der Waals surface area (Å²) in [5.41, 5.74) is 2.06. The average Bonchev–Trinajstić information content (AvgIpc) is 2.41. The van der Waals surface area contributed by atoms with Crippen molar-refractivity contribution in [2.45, 2.75) is 13.5 Å². The fourth-order valence-electron chi connectivity index (χ4n) is 1.58. The molecule has 2 rings (SSSR count). The second-order valence-electron chi connectivity index (χ2n) is 4.08. The Hall–Kier alpha value is -2.12. The van der Waals surface area contributed by atoms with Gasteiger partial charge in [-0.2, -0.15) is 5.26 Å². The van der Waals surface area contributed by atoms with Gasteiger partial charge in [-0.25, -0.2) is 9.37 Å². The van der Waals surface area contributed by atoms with E-state index in [4.69, 9.17) is 16.9 Å². The summed E-state index contributed by atoms with van der Waals surface area (Å²) >= 11 is 5.70. The summed E-state index contributed by atoms with van der Waals surface area (Å²) < 4.78 is 13.0. The summed E-state index contributed by atoms with van der Waals surface area (Å²) in [4.78, 5) is 4.17. The Balaban J connectivity index is 2.10. The molecular formula is C14H11ClFN3. The van der Waals surface area contributed by atoms with Gasteiger partial charge < -0.3 is 5.32 Å². The average molecular weight is 276 g/mol. The van der Waals surface area contributed by atoms with Crippen molar-refractivity contribution in [2.24, 2.45) is 0 Å². The third-order valence-electron chi connectivity index (χ3n) is 2.66. The molecule has 0 aliphatic carbocycles. The van der Waals surface area contributed by atoms with E-state index in [1.807, 2.05) is 19.1 Å². The summed E-state index contributed by atoms with van der Waals surface area (Å²) in [7, 11) is 0. The minimum atomic E-state index is -0.439. The second kappa shape index (κ2) is 5.68. The number of aromatic nitrogens is 1. The third-order valence-corrected chi connectivity index (χ3v) is 2.95. The molecule has 0 aliphatic rings. The van der Waals surface area contributed by atoms with Crippen molar-refractivity contribution in [3.8, 4) is 6.07 Å². The maximum Gasteiger partial charge on any atom is 0.145 e. The SMILES string of the molecule is Cc1ccc(NCc2ccc(F)c(Cl)c2)nc1C#N. The van der Waals surface area contributed by atoms with Crippen molar-refractivity contribution in [3.63, 3.8) is 0 Å². The molecule has 1 N–H and O–H groups in total. The number of benzene rings is 1. The maximum absolute atomic E-state index is 13.0. The Labute approximate surface area is 115 Å². The summed E-state index contributed by atoms with van der Waals surface area (Å²) in [6.45, 7) is 2.29. The summed E-state index contributed by atoms with van der Waals surface area (Å²) in [5, 5.41) is 12.1. The van der Waals surface area contributed by atoms with E-state index in [2.05, 4.69) is 10.3 Å². The quantitative estimate of drug-likeness (QED) is 0.930. The lowest BCUT2D eigenvalue weighted by atomic mass is 10.2. The molecule has 0 spiro atoms. The molecule has 0 fully saturated rings. The minimum Gasteiger partial charge on any atom is -0.366 e. The van der Waals surface area contributed by atoms with Gasteiger partial charge in [-0.1, -0.05) is 23.7 Å². The molecule has 0 amide bonds. The molecule has 19 heavy (non-hydrogen) atoms. The van der Waals surface area contributed by atoms with Crippen LogP contribution in [0, 0.1) is 24.1 Å². The highest BCUT2D eigenvalue weighted by Gasteiger charge is 2.03. The molecule has 1 aromatic carbocycles. The minimum absolute atomic E-state index is 0.0916. The first-order valence-electron chi connectivity index (χ1n) is 5.65. The number of nitriles is 1. The van der Waals surface area contributed by atoms with Gasteiger partial charge in [-0.05, 0) is 36.2 Å². The normalized spacial score (nSPS) is 10.0. The van der Waals surface area contributed by atoms with E-state index < -0.39 is 5.82 Å². The molecule has 0 saturated carbocycles. The fourth-order valence-corrected chi connectivity index (χ4v) is 1.79. The molecule has 0 radical (unpaired) electrons. The van der Waals surface area contributed by atoms with Gasteiger partial charge in [-0.3, -0.25) is 0 Å². The van der Waals surface area contributed by atoms with Gasteiger partial charge in [-0.15, -0.1) is 0 Å². The van der Waals surface area contributed by atoms with Crippen molar-refractivity contribution in [2.75, 3.05) is 5.32 Å². The van der Waals surface area contributed by atoms with E-state index >= 15 is 0 Å². The zero-order chi connectivity index (χ0) is 13.8. The summed E-state index contributed by atoms with van der Waals surface area (Å²) in [5.74, 6) is 0.160. The topological polar surface area (TPSA) is 48.7 Å². The van der Waals surface area contributed by atoms with Crippen LogP contribution in [0.4, 0.5) is 10.2 Å². The molecule has 96 valence electrons. The number of nitrogens with zero attached hydrogens (tertiary/aromatic N) is 2. The van der Waals surface area contributed by atoms with E-state index in [0.29, 0.717) is 18.1 Å². The number of anilines is 1. The molecular weight excluding hydrogens is 265 g/mol. The van der Waals surface area contributed by atoms with E-state index in [1.54, 1.807) is 18.2 Å². The molecule has 0 atom stereocenters. The first-order valence-corrected chi connectivity index (χ1v) is 6.03. The summed E-state index contributed by atoms with van der Waals surface area (Å²) in [6.07, 6.45) is 0. The van der Waals surface area contributed by atoms with Gasteiger partial charge in [0.2, 0.25) is 0 Å². The van der Waals surface area contributed by atoms with Crippen molar-refractivity contribution >= 4 is 17.4 Å². The number of aryl methyl sites for hydroxylation is 1. The lowest BCUT2D eigenvalue weighted by molar-refractivity contribution is 0.627. The highest BCUT2D eigenvalue weighted by atomic mass is 35.5. The van der Waals surface area contributed by atoms with Crippen molar-refractivity contribution in [3.05, 3.63) is 58.0 Å². The van der Waals surface area contributed by atoms with Crippen LogP contribution in [0.25, 0.3) is 0 Å². The zero-order valence-electron chi connectivity index (χ0n) is 10.2. The van der Waals surface area contributed by atoms with Crippen LogP contribution in [0.15, 0.2) is 30.3 Å². The molecule has 3 nitrogen and oxygen atoms in total. The Kier molecular flexibility index (Phi) is 3.98. The van der Waals surface area contributed by atoms with Crippen LogP contribution < -0.4 is 5.32 Å². The standard InChI is InChI=1S/C14H11ClFN3/c1-9-2-5-14(19-13(9)7-17)18-8-10-3-4-12(16)11(15)6-10/h2-6H,8H2,1H3,(H,18,19). The Morgan fingerprint density at radius 3 is 2.84 bits per heavy atom. The molecule has 2 aromatic rings. The lowest BCUT2D eigenvalue weighted by Gasteiger charge is -2.07. The number of pyridine rings is 1. The van der Waals surface area contributed by atoms with Gasteiger partial charge in [0.25, 0.3) is 0 Å². The largest absolute Gasteiger partial charge is 0.366 e. The second-order valence-corrected chi connectivity index (χ2v) is 4.48. The van der Waals surface area contributed by atoms with E-state index in [9.17, 15) is 4.39 Å². The highest BCUT2D eigenvalue weighted by Crippen LogP contribution is 2.17.